The molecule has 0 fully saturated rings. The Morgan fingerprint density at radius 2 is 1.83 bits per heavy atom. The third-order valence-electron chi connectivity index (χ3n) is 3.59. The Morgan fingerprint density at radius 3 is 2.54 bits per heavy atom. The van der Waals surface area contributed by atoms with Gasteiger partial charge in [-0.25, -0.2) is 8.78 Å². The van der Waals surface area contributed by atoms with E-state index in [-0.39, 0.29) is 23.9 Å². The number of hydrogen-bond donors (Lipinski definition) is 0. The van der Waals surface area contributed by atoms with Gasteiger partial charge in [-0.3, -0.25) is 4.79 Å². The highest BCUT2D eigenvalue weighted by molar-refractivity contribution is 5.97. The molecular weight excluding hydrogens is 314 g/mol. The van der Waals surface area contributed by atoms with Gasteiger partial charge < -0.3 is 4.52 Å². The predicted octanol–water partition coefficient (Wildman–Crippen LogP) is 4.08. The van der Waals surface area contributed by atoms with Gasteiger partial charge in [-0.15, -0.1) is 0 Å². The Balaban J connectivity index is 1.73. The maximum atomic E-state index is 13.2. The number of benzene rings is 2. The molecule has 6 heteroatoms. The van der Waals surface area contributed by atoms with Crippen LogP contribution < -0.4 is 0 Å². The summed E-state index contributed by atoms with van der Waals surface area (Å²) < 4.78 is 31.6. The molecule has 0 radical (unpaired) electrons. The molecule has 1 aromatic heterocycles. The lowest BCUT2D eigenvalue weighted by atomic mass is 9.96. The Kier molecular flexibility index (Phi) is 4.46. The van der Waals surface area contributed by atoms with Gasteiger partial charge in [0.2, 0.25) is 11.7 Å². The third kappa shape index (κ3) is 3.53. The highest BCUT2D eigenvalue weighted by Gasteiger charge is 2.20. The maximum absolute atomic E-state index is 13.2. The van der Waals surface area contributed by atoms with Crippen LogP contribution in [0.2, 0.25) is 0 Å². The molecule has 2 aromatic carbocycles. The zero-order chi connectivity index (χ0) is 17.1. The van der Waals surface area contributed by atoms with Crippen LogP contribution in [-0.2, 0) is 6.42 Å². The van der Waals surface area contributed by atoms with Gasteiger partial charge in [0.05, 0.1) is 0 Å². The van der Waals surface area contributed by atoms with Crippen LogP contribution in [0.1, 0.15) is 23.2 Å². The van der Waals surface area contributed by atoms with E-state index in [1.165, 1.54) is 30.3 Å². The number of Topliss-reactive ketones (excluding diaryl/α,β-unsaturated/α-hetero) is 1. The first-order valence-corrected chi connectivity index (χ1v) is 7.41. The lowest BCUT2D eigenvalue weighted by molar-refractivity contribution is 0.0923. The van der Waals surface area contributed by atoms with Crippen LogP contribution in [0, 0.1) is 17.6 Å². The molecule has 4 nitrogen and oxygen atoms in total. The van der Waals surface area contributed by atoms with Crippen molar-refractivity contribution in [2.75, 3.05) is 0 Å². The molecule has 0 spiro atoms. The summed E-state index contributed by atoms with van der Waals surface area (Å²) in [7, 11) is 0. The molecule has 1 heterocycles. The van der Waals surface area contributed by atoms with Crippen LogP contribution in [0.3, 0.4) is 0 Å². The van der Waals surface area contributed by atoms with E-state index in [0.717, 1.165) is 0 Å². The molecule has 0 unspecified atom stereocenters. The van der Waals surface area contributed by atoms with Crippen molar-refractivity contribution in [1.82, 2.24) is 10.1 Å². The topological polar surface area (TPSA) is 56.0 Å². The number of nitrogens with zero attached hydrogens (tertiary/aromatic N) is 2. The fourth-order valence-corrected chi connectivity index (χ4v) is 2.36. The Labute approximate surface area is 137 Å². The van der Waals surface area contributed by atoms with Crippen LogP contribution in [0.25, 0.3) is 11.4 Å². The van der Waals surface area contributed by atoms with Crippen LogP contribution in [0.15, 0.2) is 53.1 Å². The fraction of sp³-hybridized carbons (Fsp3) is 0.167. The highest BCUT2D eigenvalue weighted by Crippen LogP contribution is 2.19. The summed E-state index contributed by atoms with van der Waals surface area (Å²) in [5.41, 5.74) is 0.793. The lowest BCUT2D eigenvalue weighted by Crippen LogP contribution is -2.14. The van der Waals surface area contributed by atoms with Gasteiger partial charge in [-0.05, 0) is 24.3 Å². The average molecular weight is 328 g/mol. The number of ketones is 1. The molecule has 0 aliphatic heterocycles. The predicted molar refractivity (Wildman–Crippen MR) is 83.3 cm³/mol. The average Bonchev–Trinajstić information content (AvgIpc) is 3.02. The van der Waals surface area contributed by atoms with E-state index in [1.807, 2.05) is 0 Å². The minimum absolute atomic E-state index is 0.208. The quantitative estimate of drug-likeness (QED) is 0.662. The van der Waals surface area contributed by atoms with E-state index in [1.54, 1.807) is 25.1 Å². The van der Waals surface area contributed by atoms with Gasteiger partial charge >= 0.3 is 0 Å². The minimum atomic E-state index is -0.459. The third-order valence-corrected chi connectivity index (χ3v) is 3.59. The summed E-state index contributed by atoms with van der Waals surface area (Å²) in [6, 6.07) is 11.4. The van der Waals surface area contributed by atoms with Crippen LogP contribution in [0.5, 0.6) is 0 Å². The van der Waals surface area contributed by atoms with Crippen molar-refractivity contribution in [3.8, 4) is 11.4 Å². The molecule has 0 amide bonds. The Morgan fingerprint density at radius 1 is 1.12 bits per heavy atom. The van der Waals surface area contributed by atoms with Crippen molar-refractivity contribution in [1.29, 1.82) is 0 Å². The van der Waals surface area contributed by atoms with E-state index in [0.29, 0.717) is 11.1 Å². The number of rotatable bonds is 5. The van der Waals surface area contributed by atoms with Crippen LogP contribution >= 0.6 is 0 Å². The van der Waals surface area contributed by atoms with E-state index in [9.17, 15) is 13.6 Å². The molecule has 0 aliphatic rings. The molecule has 24 heavy (non-hydrogen) atoms. The zero-order valence-electron chi connectivity index (χ0n) is 12.9. The molecule has 0 saturated carbocycles. The second kappa shape index (κ2) is 6.70. The number of halogens is 2. The highest BCUT2D eigenvalue weighted by atomic mass is 19.1. The second-order valence-electron chi connectivity index (χ2n) is 5.50. The molecule has 3 aromatic rings. The fourth-order valence-electron chi connectivity index (χ4n) is 2.36. The summed E-state index contributed by atoms with van der Waals surface area (Å²) in [6.07, 6.45) is 0.220. The largest absolute Gasteiger partial charge is 0.339 e. The van der Waals surface area contributed by atoms with Crippen molar-refractivity contribution in [3.63, 3.8) is 0 Å². The molecule has 0 N–H and O–H groups in total. The smallest absolute Gasteiger partial charge is 0.227 e. The molecule has 0 aliphatic carbocycles. The van der Waals surface area contributed by atoms with E-state index >= 15 is 0 Å². The van der Waals surface area contributed by atoms with E-state index in [2.05, 4.69) is 10.1 Å². The first kappa shape index (κ1) is 16.0. The molecular formula is C18H14F2N2O2. The lowest BCUT2D eigenvalue weighted by Gasteiger charge is -2.07. The summed E-state index contributed by atoms with van der Waals surface area (Å²) in [6.45, 7) is 1.71. The van der Waals surface area contributed by atoms with Crippen LogP contribution in [0.4, 0.5) is 8.78 Å². The van der Waals surface area contributed by atoms with Crippen molar-refractivity contribution < 1.29 is 18.1 Å². The maximum Gasteiger partial charge on any atom is 0.227 e. The second-order valence-corrected chi connectivity index (χ2v) is 5.50. The number of aromatic nitrogens is 2. The van der Waals surface area contributed by atoms with Gasteiger partial charge in [0, 0.05) is 23.5 Å². The Hall–Kier alpha value is -2.89. The van der Waals surface area contributed by atoms with Crippen molar-refractivity contribution in [2.45, 2.75) is 13.3 Å². The number of carbonyl (C=O) groups is 1. The monoisotopic (exact) mass is 328 g/mol. The SMILES string of the molecule is C[C@@H](Cc1nc(-c2cccc(F)c2)no1)C(=O)c1cccc(F)c1. The van der Waals surface area contributed by atoms with Crippen molar-refractivity contribution in [3.05, 3.63) is 71.6 Å². The van der Waals surface area contributed by atoms with Gasteiger partial charge in [0.1, 0.15) is 11.6 Å². The number of hydrogen-bond acceptors (Lipinski definition) is 4. The molecule has 3 rings (SSSR count). The summed E-state index contributed by atoms with van der Waals surface area (Å²) in [5, 5.41) is 3.80. The normalized spacial score (nSPS) is 12.1. The van der Waals surface area contributed by atoms with Gasteiger partial charge in [-0.2, -0.15) is 4.98 Å². The van der Waals surface area contributed by atoms with E-state index in [4.69, 9.17) is 4.52 Å². The zero-order valence-corrected chi connectivity index (χ0v) is 12.9. The Bertz CT molecular complexity index is 877. The molecule has 122 valence electrons. The summed E-state index contributed by atoms with van der Waals surface area (Å²) in [4.78, 5) is 16.5. The minimum Gasteiger partial charge on any atom is -0.339 e. The summed E-state index contributed by atoms with van der Waals surface area (Å²) >= 11 is 0. The molecule has 0 saturated heterocycles. The first-order valence-electron chi connectivity index (χ1n) is 7.41. The van der Waals surface area contributed by atoms with Gasteiger partial charge in [-0.1, -0.05) is 36.3 Å². The first-order chi connectivity index (χ1) is 11.5. The van der Waals surface area contributed by atoms with Crippen LogP contribution in [-0.4, -0.2) is 15.9 Å². The van der Waals surface area contributed by atoms with E-state index < -0.39 is 17.6 Å². The van der Waals surface area contributed by atoms with Crippen molar-refractivity contribution in [2.24, 2.45) is 5.92 Å². The number of carbonyl (C=O) groups excluding carboxylic acids is 1. The van der Waals surface area contributed by atoms with Gasteiger partial charge in [0.25, 0.3) is 0 Å². The van der Waals surface area contributed by atoms with Gasteiger partial charge in [0.15, 0.2) is 5.78 Å². The summed E-state index contributed by atoms with van der Waals surface area (Å²) in [5.74, 6) is -0.984. The molecule has 0 bridgehead atoms. The van der Waals surface area contributed by atoms with Crippen molar-refractivity contribution >= 4 is 5.78 Å². The standard InChI is InChI=1S/C18H14F2N2O2/c1-11(17(23)12-4-2-6-14(19)9-12)8-16-21-18(22-24-16)13-5-3-7-15(20)10-13/h2-7,9-11H,8H2,1H3/t11-/m0/s1. The molecule has 1 atom stereocenters.